The number of ether oxygens (including phenoxy) is 1. The standard InChI is InChI=1S/C16H20N2O/c1-12-11-19-13(2)9-18(12)10-15-6-3-5-14-7-4-8-17-16(14)15/h3-8,12-13H,9-11H2,1-2H3/t12-,13-/m0/s1. The van der Waals surface area contributed by atoms with Crippen LogP contribution in [0.5, 0.6) is 0 Å². The van der Waals surface area contributed by atoms with E-state index in [4.69, 9.17) is 4.74 Å². The monoisotopic (exact) mass is 256 g/mol. The average molecular weight is 256 g/mol. The molecule has 0 unspecified atom stereocenters. The Morgan fingerprint density at radius 1 is 1.26 bits per heavy atom. The molecule has 0 N–H and O–H groups in total. The molecule has 0 amide bonds. The lowest BCUT2D eigenvalue weighted by molar-refractivity contribution is -0.0525. The van der Waals surface area contributed by atoms with Crippen molar-refractivity contribution in [2.24, 2.45) is 0 Å². The number of hydrogen-bond donors (Lipinski definition) is 0. The van der Waals surface area contributed by atoms with E-state index in [1.165, 1.54) is 10.9 Å². The molecule has 1 fully saturated rings. The summed E-state index contributed by atoms with van der Waals surface area (Å²) in [7, 11) is 0. The zero-order chi connectivity index (χ0) is 13.2. The van der Waals surface area contributed by atoms with Gasteiger partial charge in [-0.1, -0.05) is 24.3 Å². The van der Waals surface area contributed by atoms with Crippen LogP contribution >= 0.6 is 0 Å². The number of hydrogen-bond acceptors (Lipinski definition) is 3. The Labute approximate surface area is 114 Å². The van der Waals surface area contributed by atoms with Crippen LogP contribution in [0, 0.1) is 0 Å². The predicted octanol–water partition coefficient (Wildman–Crippen LogP) is 2.84. The van der Waals surface area contributed by atoms with E-state index in [-0.39, 0.29) is 0 Å². The van der Waals surface area contributed by atoms with Gasteiger partial charge in [0.05, 0.1) is 18.2 Å². The van der Waals surface area contributed by atoms with E-state index in [1.54, 1.807) is 0 Å². The minimum Gasteiger partial charge on any atom is -0.376 e. The summed E-state index contributed by atoms with van der Waals surface area (Å²) in [6.07, 6.45) is 2.19. The molecule has 2 aromatic rings. The van der Waals surface area contributed by atoms with Gasteiger partial charge in [0.1, 0.15) is 0 Å². The van der Waals surface area contributed by atoms with E-state index in [2.05, 4.69) is 48.0 Å². The number of aromatic nitrogens is 1. The van der Waals surface area contributed by atoms with Crippen molar-refractivity contribution < 1.29 is 4.74 Å². The molecule has 1 aliphatic heterocycles. The van der Waals surface area contributed by atoms with Crippen LogP contribution in [0.25, 0.3) is 10.9 Å². The van der Waals surface area contributed by atoms with Crippen molar-refractivity contribution in [3.63, 3.8) is 0 Å². The first-order valence-corrected chi connectivity index (χ1v) is 6.92. The number of nitrogens with zero attached hydrogens (tertiary/aromatic N) is 2. The highest BCUT2D eigenvalue weighted by atomic mass is 16.5. The molecule has 19 heavy (non-hydrogen) atoms. The molecule has 1 aromatic carbocycles. The summed E-state index contributed by atoms with van der Waals surface area (Å²) in [6, 6.07) is 11.0. The molecule has 1 saturated heterocycles. The van der Waals surface area contributed by atoms with Gasteiger partial charge in [-0.3, -0.25) is 9.88 Å². The normalized spacial score (nSPS) is 24.7. The lowest BCUT2D eigenvalue weighted by Crippen LogP contribution is -2.46. The molecular formula is C16H20N2O. The molecule has 0 saturated carbocycles. The molecule has 0 radical (unpaired) electrons. The second-order valence-electron chi connectivity index (χ2n) is 5.41. The van der Waals surface area contributed by atoms with Crippen LogP contribution in [0.2, 0.25) is 0 Å². The second-order valence-corrected chi connectivity index (χ2v) is 5.41. The van der Waals surface area contributed by atoms with Gasteiger partial charge >= 0.3 is 0 Å². The van der Waals surface area contributed by atoms with Gasteiger partial charge < -0.3 is 4.74 Å². The molecule has 1 aromatic heterocycles. The maximum absolute atomic E-state index is 5.69. The Morgan fingerprint density at radius 3 is 3.00 bits per heavy atom. The number of pyridine rings is 1. The molecule has 0 aliphatic carbocycles. The summed E-state index contributed by atoms with van der Waals surface area (Å²) in [4.78, 5) is 7.02. The van der Waals surface area contributed by atoms with Gasteiger partial charge in [0.2, 0.25) is 0 Å². The molecule has 2 atom stereocenters. The van der Waals surface area contributed by atoms with Crippen molar-refractivity contribution >= 4 is 10.9 Å². The molecule has 3 heteroatoms. The number of benzene rings is 1. The largest absolute Gasteiger partial charge is 0.376 e. The minimum atomic E-state index is 0.319. The van der Waals surface area contributed by atoms with Crippen LogP contribution in [0.1, 0.15) is 19.4 Å². The Bertz CT molecular complexity index is 564. The van der Waals surface area contributed by atoms with E-state index >= 15 is 0 Å². The molecule has 2 heterocycles. The van der Waals surface area contributed by atoms with Crippen molar-refractivity contribution in [1.82, 2.24) is 9.88 Å². The van der Waals surface area contributed by atoms with Gasteiger partial charge in [0, 0.05) is 30.7 Å². The minimum absolute atomic E-state index is 0.319. The molecule has 0 spiro atoms. The molecular weight excluding hydrogens is 236 g/mol. The molecule has 3 nitrogen and oxygen atoms in total. The lowest BCUT2D eigenvalue weighted by Gasteiger charge is -2.36. The van der Waals surface area contributed by atoms with Crippen molar-refractivity contribution in [1.29, 1.82) is 0 Å². The highest BCUT2D eigenvalue weighted by molar-refractivity contribution is 5.81. The summed E-state index contributed by atoms with van der Waals surface area (Å²) in [5, 5.41) is 1.22. The average Bonchev–Trinajstić information content (AvgIpc) is 2.43. The van der Waals surface area contributed by atoms with Crippen molar-refractivity contribution in [3.05, 3.63) is 42.1 Å². The zero-order valence-corrected chi connectivity index (χ0v) is 11.5. The maximum atomic E-state index is 5.69. The van der Waals surface area contributed by atoms with Gasteiger partial charge in [-0.2, -0.15) is 0 Å². The molecule has 1 aliphatic rings. The number of morpholine rings is 1. The van der Waals surface area contributed by atoms with E-state index in [0.29, 0.717) is 12.1 Å². The zero-order valence-electron chi connectivity index (χ0n) is 11.5. The maximum Gasteiger partial charge on any atom is 0.0746 e. The van der Waals surface area contributed by atoms with Crippen LogP contribution in [-0.2, 0) is 11.3 Å². The van der Waals surface area contributed by atoms with Gasteiger partial charge in [-0.05, 0) is 25.5 Å². The number of rotatable bonds is 2. The fourth-order valence-corrected chi connectivity index (χ4v) is 2.71. The summed E-state index contributed by atoms with van der Waals surface area (Å²) in [5.41, 5.74) is 2.43. The van der Waals surface area contributed by atoms with Crippen LogP contribution in [0.15, 0.2) is 36.5 Å². The first-order chi connectivity index (χ1) is 9.24. The summed E-state index contributed by atoms with van der Waals surface area (Å²) >= 11 is 0. The highest BCUT2D eigenvalue weighted by Crippen LogP contribution is 2.20. The van der Waals surface area contributed by atoms with Crippen molar-refractivity contribution in [2.75, 3.05) is 13.2 Å². The van der Waals surface area contributed by atoms with E-state index in [1.807, 2.05) is 12.3 Å². The predicted molar refractivity (Wildman–Crippen MR) is 77.0 cm³/mol. The van der Waals surface area contributed by atoms with E-state index in [9.17, 15) is 0 Å². The van der Waals surface area contributed by atoms with Crippen LogP contribution in [-0.4, -0.2) is 35.2 Å². The molecule has 100 valence electrons. The Kier molecular flexibility index (Phi) is 3.49. The molecule has 0 bridgehead atoms. The molecule has 3 rings (SSSR count). The Morgan fingerprint density at radius 2 is 2.11 bits per heavy atom. The smallest absolute Gasteiger partial charge is 0.0746 e. The van der Waals surface area contributed by atoms with Crippen molar-refractivity contribution in [2.45, 2.75) is 32.5 Å². The van der Waals surface area contributed by atoms with E-state index in [0.717, 1.165) is 25.2 Å². The first-order valence-electron chi connectivity index (χ1n) is 6.92. The SMILES string of the molecule is C[C@H]1CN(Cc2cccc3cccnc23)[C@@H](C)CO1. The third kappa shape index (κ3) is 2.62. The van der Waals surface area contributed by atoms with Gasteiger partial charge in [0.25, 0.3) is 0 Å². The van der Waals surface area contributed by atoms with E-state index < -0.39 is 0 Å². The fraction of sp³-hybridized carbons (Fsp3) is 0.438. The third-order valence-corrected chi connectivity index (χ3v) is 3.83. The Balaban J connectivity index is 1.88. The topological polar surface area (TPSA) is 25.4 Å². The number of para-hydroxylation sites is 1. The summed E-state index contributed by atoms with van der Waals surface area (Å²) in [5.74, 6) is 0. The van der Waals surface area contributed by atoms with Crippen LogP contribution in [0.4, 0.5) is 0 Å². The highest BCUT2D eigenvalue weighted by Gasteiger charge is 2.23. The number of fused-ring (bicyclic) bond motifs is 1. The van der Waals surface area contributed by atoms with Gasteiger partial charge in [-0.15, -0.1) is 0 Å². The quantitative estimate of drug-likeness (QED) is 0.826. The van der Waals surface area contributed by atoms with Crippen molar-refractivity contribution in [3.8, 4) is 0 Å². The fourth-order valence-electron chi connectivity index (χ4n) is 2.71. The third-order valence-electron chi connectivity index (χ3n) is 3.83. The Hall–Kier alpha value is -1.45. The summed E-state index contributed by atoms with van der Waals surface area (Å²) in [6.45, 7) is 7.12. The lowest BCUT2D eigenvalue weighted by atomic mass is 10.1. The second kappa shape index (κ2) is 5.27. The van der Waals surface area contributed by atoms with Crippen LogP contribution in [0.3, 0.4) is 0 Å². The van der Waals surface area contributed by atoms with Gasteiger partial charge in [0.15, 0.2) is 0 Å². The van der Waals surface area contributed by atoms with Gasteiger partial charge in [-0.25, -0.2) is 0 Å². The summed E-state index contributed by atoms with van der Waals surface area (Å²) < 4.78 is 5.69. The van der Waals surface area contributed by atoms with Crippen LogP contribution < -0.4 is 0 Å². The first kappa shape index (κ1) is 12.6.